The summed E-state index contributed by atoms with van der Waals surface area (Å²) < 4.78 is 13.5. The summed E-state index contributed by atoms with van der Waals surface area (Å²) in [4.78, 5) is 10.9. The highest BCUT2D eigenvalue weighted by Crippen LogP contribution is 2.20. The Bertz CT molecular complexity index is 370. The molecule has 0 aliphatic heterocycles. The van der Waals surface area contributed by atoms with Gasteiger partial charge in [-0.25, -0.2) is 4.39 Å². The SMILES string of the molecule is CCNC(C(=O)O)c1ccc(Br)c(F)c1. The largest absolute Gasteiger partial charge is 0.480 e. The van der Waals surface area contributed by atoms with E-state index >= 15 is 0 Å². The number of carbonyl (C=O) groups is 1. The van der Waals surface area contributed by atoms with Gasteiger partial charge >= 0.3 is 5.97 Å². The van der Waals surface area contributed by atoms with E-state index in [1.54, 1.807) is 13.0 Å². The maximum atomic E-state index is 13.2. The summed E-state index contributed by atoms with van der Waals surface area (Å²) in [5.41, 5.74) is 0.407. The molecule has 0 fully saturated rings. The molecular weight excluding hydrogens is 265 g/mol. The number of halogens is 2. The van der Waals surface area contributed by atoms with Crippen molar-refractivity contribution in [1.82, 2.24) is 5.32 Å². The Morgan fingerprint density at radius 2 is 2.33 bits per heavy atom. The van der Waals surface area contributed by atoms with Crippen molar-refractivity contribution < 1.29 is 14.3 Å². The number of carboxylic acid groups (broad SMARTS) is 1. The molecular formula is C10H11BrFNO2. The van der Waals surface area contributed by atoms with Crippen molar-refractivity contribution in [3.05, 3.63) is 34.1 Å². The molecule has 1 aromatic rings. The summed E-state index contributed by atoms with van der Waals surface area (Å²) in [5, 5.41) is 11.7. The van der Waals surface area contributed by atoms with Gasteiger partial charge in [0, 0.05) is 0 Å². The van der Waals surface area contributed by atoms with E-state index < -0.39 is 17.8 Å². The Labute approximate surface area is 95.4 Å². The number of nitrogens with one attached hydrogen (secondary N) is 1. The van der Waals surface area contributed by atoms with Crippen molar-refractivity contribution in [2.75, 3.05) is 6.54 Å². The predicted molar refractivity (Wildman–Crippen MR) is 58.2 cm³/mol. The molecule has 1 unspecified atom stereocenters. The van der Waals surface area contributed by atoms with E-state index in [2.05, 4.69) is 21.2 Å². The molecule has 1 atom stereocenters. The van der Waals surface area contributed by atoms with E-state index in [-0.39, 0.29) is 0 Å². The fourth-order valence-corrected chi connectivity index (χ4v) is 1.49. The maximum absolute atomic E-state index is 13.2. The standard InChI is InChI=1S/C10H11BrFNO2/c1-2-13-9(10(14)15)6-3-4-7(11)8(12)5-6/h3-5,9,13H,2H2,1H3,(H,14,15). The van der Waals surface area contributed by atoms with Crippen LogP contribution in [0.2, 0.25) is 0 Å². The summed E-state index contributed by atoms with van der Waals surface area (Å²) in [6.07, 6.45) is 0. The first-order valence-corrected chi connectivity index (χ1v) is 5.26. The van der Waals surface area contributed by atoms with Gasteiger partial charge in [-0.1, -0.05) is 13.0 Å². The van der Waals surface area contributed by atoms with Gasteiger partial charge in [0.1, 0.15) is 11.9 Å². The minimum absolute atomic E-state index is 0.326. The lowest BCUT2D eigenvalue weighted by Gasteiger charge is -2.13. The highest BCUT2D eigenvalue weighted by Gasteiger charge is 2.19. The Morgan fingerprint density at radius 1 is 1.67 bits per heavy atom. The molecule has 82 valence electrons. The van der Waals surface area contributed by atoms with E-state index in [0.717, 1.165) is 0 Å². The van der Waals surface area contributed by atoms with Gasteiger partial charge in [-0.2, -0.15) is 0 Å². The van der Waals surface area contributed by atoms with Gasteiger partial charge < -0.3 is 10.4 Å². The molecule has 0 aliphatic carbocycles. The molecule has 0 heterocycles. The molecule has 0 spiro atoms. The fourth-order valence-electron chi connectivity index (χ4n) is 1.24. The number of benzene rings is 1. The molecule has 1 rings (SSSR count). The molecule has 3 nitrogen and oxygen atoms in total. The van der Waals surface area contributed by atoms with E-state index in [1.165, 1.54) is 12.1 Å². The van der Waals surface area contributed by atoms with Gasteiger partial charge in [-0.3, -0.25) is 4.79 Å². The molecule has 0 amide bonds. The van der Waals surface area contributed by atoms with Crippen molar-refractivity contribution in [3.63, 3.8) is 0 Å². The number of aliphatic carboxylic acids is 1. The second-order valence-corrected chi connectivity index (χ2v) is 3.86. The zero-order chi connectivity index (χ0) is 11.4. The van der Waals surface area contributed by atoms with Crippen LogP contribution in [0.25, 0.3) is 0 Å². The molecule has 5 heteroatoms. The average Bonchev–Trinajstić information content (AvgIpc) is 2.18. The van der Waals surface area contributed by atoms with Crippen LogP contribution in [0.1, 0.15) is 18.5 Å². The first kappa shape index (κ1) is 12.1. The van der Waals surface area contributed by atoms with E-state index in [4.69, 9.17) is 5.11 Å². The molecule has 0 aromatic heterocycles. The lowest BCUT2D eigenvalue weighted by molar-refractivity contribution is -0.139. The molecule has 2 N–H and O–H groups in total. The van der Waals surface area contributed by atoms with Crippen molar-refractivity contribution in [1.29, 1.82) is 0 Å². The van der Waals surface area contributed by atoms with E-state index in [0.29, 0.717) is 16.6 Å². The Balaban J connectivity index is 3.01. The molecule has 1 aromatic carbocycles. The van der Waals surface area contributed by atoms with Gasteiger partial charge in [-0.05, 0) is 40.2 Å². The topological polar surface area (TPSA) is 49.3 Å². The number of hydrogen-bond donors (Lipinski definition) is 2. The van der Waals surface area contributed by atoms with Gasteiger partial charge in [0.05, 0.1) is 4.47 Å². The Kier molecular flexibility index (Phi) is 4.23. The maximum Gasteiger partial charge on any atom is 0.325 e. The normalized spacial score (nSPS) is 12.5. The lowest BCUT2D eigenvalue weighted by Crippen LogP contribution is -2.28. The van der Waals surface area contributed by atoms with Crippen molar-refractivity contribution in [2.24, 2.45) is 0 Å². The lowest BCUT2D eigenvalue weighted by atomic mass is 10.1. The fraction of sp³-hybridized carbons (Fsp3) is 0.300. The summed E-state index contributed by atoms with van der Waals surface area (Å²) in [5.74, 6) is -1.48. The van der Waals surface area contributed by atoms with Gasteiger partial charge in [0.2, 0.25) is 0 Å². The van der Waals surface area contributed by atoms with Gasteiger partial charge in [0.25, 0.3) is 0 Å². The molecule has 0 aliphatic rings. The smallest absolute Gasteiger partial charge is 0.325 e. The van der Waals surface area contributed by atoms with E-state index in [9.17, 15) is 9.18 Å². The van der Waals surface area contributed by atoms with Crippen LogP contribution in [-0.2, 0) is 4.79 Å². The first-order chi connectivity index (χ1) is 7.06. The third-order valence-electron chi connectivity index (χ3n) is 1.93. The quantitative estimate of drug-likeness (QED) is 0.887. The summed E-state index contributed by atoms with van der Waals surface area (Å²) in [7, 11) is 0. The summed E-state index contributed by atoms with van der Waals surface area (Å²) in [6.45, 7) is 2.31. The minimum atomic E-state index is -1.02. The van der Waals surface area contributed by atoms with Crippen LogP contribution in [0.5, 0.6) is 0 Å². The van der Waals surface area contributed by atoms with Crippen LogP contribution in [0.15, 0.2) is 22.7 Å². The second kappa shape index (κ2) is 5.23. The number of likely N-dealkylation sites (N-methyl/N-ethyl adjacent to an activating group) is 1. The molecule has 0 saturated heterocycles. The Hall–Kier alpha value is -0.940. The zero-order valence-electron chi connectivity index (χ0n) is 8.13. The molecule has 0 bridgehead atoms. The minimum Gasteiger partial charge on any atom is -0.480 e. The van der Waals surface area contributed by atoms with Crippen LogP contribution in [-0.4, -0.2) is 17.6 Å². The zero-order valence-corrected chi connectivity index (χ0v) is 9.71. The Morgan fingerprint density at radius 3 is 2.80 bits per heavy atom. The highest BCUT2D eigenvalue weighted by atomic mass is 79.9. The number of hydrogen-bond acceptors (Lipinski definition) is 2. The van der Waals surface area contributed by atoms with Crippen molar-refractivity contribution in [2.45, 2.75) is 13.0 Å². The summed E-state index contributed by atoms with van der Waals surface area (Å²) >= 11 is 3.01. The van der Waals surface area contributed by atoms with Crippen LogP contribution < -0.4 is 5.32 Å². The number of carboxylic acids is 1. The van der Waals surface area contributed by atoms with Gasteiger partial charge in [-0.15, -0.1) is 0 Å². The van der Waals surface area contributed by atoms with Gasteiger partial charge in [0.15, 0.2) is 0 Å². The van der Waals surface area contributed by atoms with Crippen LogP contribution in [0.3, 0.4) is 0 Å². The van der Waals surface area contributed by atoms with Crippen LogP contribution >= 0.6 is 15.9 Å². The predicted octanol–water partition coefficient (Wildman–Crippen LogP) is 2.32. The number of rotatable bonds is 4. The van der Waals surface area contributed by atoms with E-state index in [1.807, 2.05) is 0 Å². The monoisotopic (exact) mass is 275 g/mol. The second-order valence-electron chi connectivity index (χ2n) is 3.00. The first-order valence-electron chi connectivity index (χ1n) is 4.47. The molecule has 0 saturated carbocycles. The molecule has 15 heavy (non-hydrogen) atoms. The van der Waals surface area contributed by atoms with Crippen molar-refractivity contribution in [3.8, 4) is 0 Å². The highest BCUT2D eigenvalue weighted by molar-refractivity contribution is 9.10. The van der Waals surface area contributed by atoms with Crippen LogP contribution in [0.4, 0.5) is 4.39 Å². The third-order valence-corrected chi connectivity index (χ3v) is 2.58. The third kappa shape index (κ3) is 3.00. The van der Waals surface area contributed by atoms with Crippen molar-refractivity contribution >= 4 is 21.9 Å². The average molecular weight is 276 g/mol. The van der Waals surface area contributed by atoms with Crippen LogP contribution in [0, 0.1) is 5.82 Å². The molecule has 0 radical (unpaired) electrons. The summed E-state index contributed by atoms with van der Waals surface area (Å²) in [6, 6.07) is 3.43.